The topological polar surface area (TPSA) is 142 Å². The monoisotopic (exact) mass is 489 g/mol. The molecule has 0 spiro atoms. The second kappa shape index (κ2) is 8.98. The highest BCUT2D eigenvalue weighted by molar-refractivity contribution is 7.18. The summed E-state index contributed by atoms with van der Waals surface area (Å²) in [5.41, 5.74) is 1.59. The van der Waals surface area contributed by atoms with Crippen molar-refractivity contribution >= 4 is 39.8 Å². The van der Waals surface area contributed by atoms with Crippen LogP contribution in [0.3, 0.4) is 0 Å². The number of hydrogen-bond donors (Lipinski definition) is 2. The third kappa shape index (κ3) is 4.07. The number of nitrogens with one attached hydrogen (secondary N) is 2. The fourth-order valence-corrected chi connectivity index (χ4v) is 5.51. The van der Waals surface area contributed by atoms with Crippen LogP contribution in [0, 0.1) is 0 Å². The summed E-state index contributed by atoms with van der Waals surface area (Å²) in [6.07, 6.45) is 10.0. The van der Waals surface area contributed by atoms with E-state index in [1.54, 1.807) is 30.5 Å². The molecule has 0 unspecified atom stereocenters. The van der Waals surface area contributed by atoms with Gasteiger partial charge in [-0.3, -0.25) is 15.1 Å². The summed E-state index contributed by atoms with van der Waals surface area (Å²) >= 11 is 1.38. The minimum Gasteiger partial charge on any atom is -0.339 e. The van der Waals surface area contributed by atoms with E-state index in [2.05, 4.69) is 45.8 Å². The maximum atomic E-state index is 13.5. The highest BCUT2D eigenvalue weighted by Gasteiger charge is 2.42. The Labute approximate surface area is 204 Å². The molecule has 2 aliphatic rings. The Bertz CT molecular complexity index is 1320. The van der Waals surface area contributed by atoms with Gasteiger partial charge in [0.2, 0.25) is 17.7 Å². The van der Waals surface area contributed by atoms with E-state index in [1.165, 1.54) is 11.3 Å². The van der Waals surface area contributed by atoms with E-state index < -0.39 is 0 Å². The number of hydrogen-bond acceptors (Lipinski definition) is 11. The fourth-order valence-electron chi connectivity index (χ4n) is 4.77. The molecule has 5 heterocycles. The minimum absolute atomic E-state index is 0.0315. The molecule has 1 amide bonds. The van der Waals surface area contributed by atoms with Gasteiger partial charge in [0, 0.05) is 31.4 Å². The minimum atomic E-state index is -0.377. The van der Waals surface area contributed by atoms with Gasteiger partial charge in [-0.1, -0.05) is 30.2 Å². The number of aromatic nitrogens is 8. The van der Waals surface area contributed by atoms with Gasteiger partial charge in [-0.2, -0.15) is 10.2 Å². The van der Waals surface area contributed by atoms with Crippen molar-refractivity contribution in [3.8, 4) is 10.7 Å². The van der Waals surface area contributed by atoms with E-state index >= 15 is 0 Å². The molecule has 0 saturated heterocycles. The van der Waals surface area contributed by atoms with Crippen molar-refractivity contribution in [2.45, 2.75) is 44.2 Å². The Balaban J connectivity index is 1.35. The summed E-state index contributed by atoms with van der Waals surface area (Å²) in [5, 5.41) is 17.8. The van der Waals surface area contributed by atoms with E-state index in [1.807, 2.05) is 18.2 Å². The van der Waals surface area contributed by atoms with Crippen LogP contribution in [0.4, 0.5) is 22.6 Å². The molecule has 12 nitrogen and oxygen atoms in total. The summed E-state index contributed by atoms with van der Waals surface area (Å²) in [7, 11) is 1.78. The number of tetrazole rings is 1. The van der Waals surface area contributed by atoms with Crippen LogP contribution in [0.25, 0.3) is 10.7 Å². The second-order valence-electron chi connectivity index (χ2n) is 8.58. The van der Waals surface area contributed by atoms with Crippen LogP contribution in [0.5, 0.6) is 0 Å². The first-order chi connectivity index (χ1) is 17.2. The molecule has 4 aromatic rings. The van der Waals surface area contributed by atoms with Gasteiger partial charge < -0.3 is 9.80 Å². The lowest BCUT2D eigenvalue weighted by molar-refractivity contribution is -0.120. The van der Waals surface area contributed by atoms with Gasteiger partial charge in [0.15, 0.2) is 10.9 Å². The molecule has 1 saturated carbocycles. The third-order valence-electron chi connectivity index (χ3n) is 6.44. The molecular formula is C22H23N11OS. The first-order valence-electron chi connectivity index (χ1n) is 11.5. The van der Waals surface area contributed by atoms with E-state index in [4.69, 9.17) is 4.98 Å². The molecule has 0 bridgehead atoms. The fraction of sp³-hybridized carbons (Fsp3) is 0.364. The highest BCUT2D eigenvalue weighted by atomic mass is 32.1. The highest BCUT2D eigenvalue weighted by Crippen LogP contribution is 2.40. The number of rotatable bonds is 6. The molecule has 1 atom stereocenters. The SMILES string of the molecule is CN1C(=O)[C@@H](Cc2ccccn2)N(C2CCCC2)c2nc(Nc3ncc(-c4nn[nH]n4)s3)ncc21. The first-order valence-corrected chi connectivity index (χ1v) is 12.3. The van der Waals surface area contributed by atoms with Crippen molar-refractivity contribution in [3.63, 3.8) is 0 Å². The average Bonchev–Trinajstić information content (AvgIpc) is 3.66. The van der Waals surface area contributed by atoms with Gasteiger partial charge in [-0.25, -0.2) is 9.97 Å². The number of pyridine rings is 1. The molecule has 0 aromatic carbocycles. The molecule has 13 heteroatoms. The smallest absolute Gasteiger partial charge is 0.250 e. The summed E-state index contributed by atoms with van der Waals surface area (Å²) in [6.45, 7) is 0. The molecule has 178 valence electrons. The lowest BCUT2D eigenvalue weighted by Gasteiger charge is -2.43. The predicted molar refractivity (Wildman–Crippen MR) is 130 cm³/mol. The van der Waals surface area contributed by atoms with Crippen LogP contribution in [0.15, 0.2) is 36.8 Å². The van der Waals surface area contributed by atoms with Crippen molar-refractivity contribution < 1.29 is 4.79 Å². The Kier molecular flexibility index (Phi) is 5.52. The lowest BCUT2D eigenvalue weighted by Crippen LogP contribution is -2.57. The van der Waals surface area contributed by atoms with Crippen molar-refractivity contribution in [3.05, 3.63) is 42.5 Å². The molecule has 0 radical (unpaired) electrons. The predicted octanol–water partition coefficient (Wildman–Crippen LogP) is 2.59. The summed E-state index contributed by atoms with van der Waals surface area (Å²) in [6, 6.07) is 5.67. The number of H-pyrrole nitrogens is 1. The van der Waals surface area contributed by atoms with E-state index in [0.717, 1.165) is 42.1 Å². The molecule has 4 aromatic heterocycles. The van der Waals surface area contributed by atoms with Crippen molar-refractivity contribution in [2.24, 2.45) is 0 Å². The van der Waals surface area contributed by atoms with Crippen LogP contribution in [-0.2, 0) is 11.2 Å². The van der Waals surface area contributed by atoms with E-state index in [0.29, 0.717) is 29.0 Å². The average molecular weight is 490 g/mol. The Morgan fingerprint density at radius 3 is 2.83 bits per heavy atom. The van der Waals surface area contributed by atoms with Crippen LogP contribution in [-0.4, -0.2) is 65.6 Å². The normalized spacial score (nSPS) is 18.2. The van der Waals surface area contributed by atoms with Gasteiger partial charge in [-0.15, -0.1) is 10.2 Å². The number of amides is 1. The third-order valence-corrected chi connectivity index (χ3v) is 7.35. The Morgan fingerprint density at radius 2 is 2.06 bits per heavy atom. The number of likely N-dealkylation sites (N-methyl/N-ethyl adjacent to an activating group) is 1. The molecule has 6 rings (SSSR count). The lowest BCUT2D eigenvalue weighted by atomic mass is 10.0. The summed E-state index contributed by atoms with van der Waals surface area (Å²) < 4.78 is 0. The molecule has 1 fully saturated rings. The molecule has 35 heavy (non-hydrogen) atoms. The maximum absolute atomic E-state index is 13.5. The van der Waals surface area contributed by atoms with Gasteiger partial charge in [-0.05, 0) is 30.2 Å². The number of aromatic amines is 1. The van der Waals surface area contributed by atoms with Gasteiger partial charge in [0.1, 0.15) is 11.7 Å². The number of carbonyl (C=O) groups is 1. The van der Waals surface area contributed by atoms with Gasteiger partial charge in [0.05, 0.1) is 17.3 Å². The number of anilines is 4. The number of fused-ring (bicyclic) bond motifs is 1. The standard InChI is InChI=1S/C22H23N11OS/c1-32-16-11-24-21(27-22-25-12-17(35-22)18-28-30-31-29-18)26-19(16)33(14-7-2-3-8-14)15(20(32)34)10-13-6-4-5-9-23-13/h4-6,9,11-12,14-15H,2-3,7-8,10H2,1H3,(H,24,25,26,27)(H,28,29,30,31)/t15-/m1/s1. The molecular weight excluding hydrogens is 466 g/mol. The first kappa shape index (κ1) is 21.5. The summed E-state index contributed by atoms with van der Waals surface area (Å²) in [5.74, 6) is 1.68. The number of carbonyl (C=O) groups excluding carboxylic acids is 1. The van der Waals surface area contributed by atoms with E-state index in [9.17, 15) is 4.79 Å². The van der Waals surface area contributed by atoms with Crippen molar-refractivity contribution in [1.29, 1.82) is 0 Å². The van der Waals surface area contributed by atoms with Crippen molar-refractivity contribution in [1.82, 2.24) is 40.6 Å². The van der Waals surface area contributed by atoms with Crippen LogP contribution >= 0.6 is 11.3 Å². The van der Waals surface area contributed by atoms with Crippen molar-refractivity contribution in [2.75, 3.05) is 22.2 Å². The van der Waals surface area contributed by atoms with Gasteiger partial charge >= 0.3 is 0 Å². The van der Waals surface area contributed by atoms with Crippen LogP contribution in [0.1, 0.15) is 31.4 Å². The zero-order valence-electron chi connectivity index (χ0n) is 19.0. The zero-order chi connectivity index (χ0) is 23.8. The summed E-state index contributed by atoms with van der Waals surface area (Å²) in [4.78, 5) is 36.4. The largest absolute Gasteiger partial charge is 0.339 e. The number of nitrogens with zero attached hydrogens (tertiary/aromatic N) is 9. The second-order valence-corrected chi connectivity index (χ2v) is 9.61. The molecule has 1 aliphatic carbocycles. The maximum Gasteiger partial charge on any atom is 0.250 e. The molecule has 2 N–H and O–H groups in total. The quantitative estimate of drug-likeness (QED) is 0.415. The van der Waals surface area contributed by atoms with E-state index in [-0.39, 0.29) is 18.0 Å². The van der Waals surface area contributed by atoms with Gasteiger partial charge in [0.25, 0.3) is 0 Å². The zero-order valence-corrected chi connectivity index (χ0v) is 19.8. The van der Waals surface area contributed by atoms with Crippen LogP contribution < -0.4 is 15.1 Å². The Hall–Kier alpha value is -4.00. The molecule has 1 aliphatic heterocycles. The number of thiazole rings is 1. The Morgan fingerprint density at radius 1 is 1.17 bits per heavy atom. The van der Waals surface area contributed by atoms with Crippen LogP contribution in [0.2, 0.25) is 0 Å².